The molecule has 2 aromatic rings. The molecular formula is C16H20N2O3S3. The van der Waals surface area contributed by atoms with Crippen LogP contribution in [0.2, 0.25) is 0 Å². The third-order valence-corrected chi connectivity index (χ3v) is 6.82. The predicted molar refractivity (Wildman–Crippen MR) is 101 cm³/mol. The Morgan fingerprint density at radius 1 is 1.25 bits per heavy atom. The normalized spacial score (nSPS) is 12.8. The quantitative estimate of drug-likeness (QED) is 0.733. The second-order valence-electron chi connectivity index (χ2n) is 5.24. The Morgan fingerprint density at radius 3 is 2.54 bits per heavy atom. The van der Waals surface area contributed by atoms with E-state index in [0.717, 1.165) is 16.9 Å². The van der Waals surface area contributed by atoms with Crippen LogP contribution in [0, 0.1) is 6.92 Å². The molecule has 24 heavy (non-hydrogen) atoms. The number of nitrogens with one attached hydrogen (secondary N) is 2. The van der Waals surface area contributed by atoms with Gasteiger partial charge in [-0.1, -0.05) is 23.8 Å². The Kier molecular flexibility index (Phi) is 6.85. The highest BCUT2D eigenvalue weighted by Crippen LogP contribution is 2.17. The molecule has 1 atom stereocenters. The van der Waals surface area contributed by atoms with Gasteiger partial charge in [-0.25, -0.2) is 8.42 Å². The molecule has 0 radical (unpaired) electrons. The Hall–Kier alpha value is -1.35. The lowest BCUT2D eigenvalue weighted by Gasteiger charge is -2.18. The molecule has 1 aromatic heterocycles. The number of anilines is 1. The maximum absolute atomic E-state index is 12.5. The minimum absolute atomic E-state index is 0.208. The number of thiophene rings is 1. The maximum Gasteiger partial charge on any atom is 0.250 e. The first-order valence-corrected chi connectivity index (χ1v) is 11.1. The number of amides is 1. The summed E-state index contributed by atoms with van der Waals surface area (Å²) < 4.78 is 27.5. The van der Waals surface area contributed by atoms with Gasteiger partial charge in [0.25, 0.3) is 10.0 Å². The highest BCUT2D eigenvalue weighted by Gasteiger charge is 2.26. The third-order valence-electron chi connectivity index (χ3n) is 3.30. The highest BCUT2D eigenvalue weighted by molar-refractivity contribution is 7.98. The fraction of sp³-hybridized carbons (Fsp3) is 0.312. The van der Waals surface area contributed by atoms with Crippen molar-refractivity contribution in [1.29, 1.82) is 0 Å². The van der Waals surface area contributed by atoms with E-state index >= 15 is 0 Å². The lowest BCUT2D eigenvalue weighted by molar-refractivity contribution is -0.117. The fourth-order valence-corrected chi connectivity index (χ4v) is 4.72. The zero-order valence-electron chi connectivity index (χ0n) is 13.5. The van der Waals surface area contributed by atoms with Crippen LogP contribution < -0.4 is 10.0 Å². The van der Waals surface area contributed by atoms with Gasteiger partial charge >= 0.3 is 0 Å². The molecule has 0 bridgehead atoms. The van der Waals surface area contributed by atoms with Crippen molar-refractivity contribution in [1.82, 2.24) is 4.72 Å². The van der Waals surface area contributed by atoms with Gasteiger partial charge in [-0.15, -0.1) is 11.3 Å². The SMILES string of the molecule is CSCCC(NS(=O)(=O)c1cccs1)C(=O)Nc1ccc(C)cc1. The van der Waals surface area contributed by atoms with Gasteiger partial charge in [-0.2, -0.15) is 16.5 Å². The van der Waals surface area contributed by atoms with Crippen LogP contribution in [0.25, 0.3) is 0 Å². The second kappa shape index (κ2) is 8.66. The highest BCUT2D eigenvalue weighted by atomic mass is 32.2. The standard InChI is InChI=1S/C16H20N2O3S3/c1-12-5-7-13(8-6-12)17-16(19)14(9-11-22-2)18-24(20,21)15-4-3-10-23-15/h3-8,10,14,18H,9,11H2,1-2H3,(H,17,19). The number of hydrogen-bond donors (Lipinski definition) is 2. The summed E-state index contributed by atoms with van der Waals surface area (Å²) >= 11 is 2.69. The van der Waals surface area contributed by atoms with Gasteiger partial charge in [0.2, 0.25) is 5.91 Å². The molecule has 0 aliphatic rings. The molecule has 2 rings (SSSR count). The number of rotatable bonds is 8. The average molecular weight is 385 g/mol. The van der Waals surface area contributed by atoms with Gasteiger partial charge < -0.3 is 5.32 Å². The van der Waals surface area contributed by atoms with Gasteiger partial charge in [-0.05, 0) is 48.9 Å². The van der Waals surface area contributed by atoms with E-state index in [2.05, 4.69) is 10.0 Å². The first kappa shape index (κ1) is 19.0. The predicted octanol–water partition coefficient (Wildman–Crippen LogP) is 3.10. The van der Waals surface area contributed by atoms with Crippen molar-refractivity contribution < 1.29 is 13.2 Å². The molecule has 1 amide bonds. The van der Waals surface area contributed by atoms with Crippen molar-refractivity contribution in [2.24, 2.45) is 0 Å². The first-order chi connectivity index (χ1) is 11.4. The molecule has 1 aromatic carbocycles. The van der Waals surface area contributed by atoms with E-state index in [0.29, 0.717) is 17.9 Å². The summed E-state index contributed by atoms with van der Waals surface area (Å²) in [6.07, 6.45) is 2.34. The van der Waals surface area contributed by atoms with Crippen LogP contribution in [0.15, 0.2) is 46.0 Å². The summed E-state index contributed by atoms with van der Waals surface area (Å²) in [6.45, 7) is 1.96. The monoisotopic (exact) mass is 384 g/mol. The minimum Gasteiger partial charge on any atom is -0.325 e. The molecule has 8 heteroatoms. The summed E-state index contributed by atoms with van der Waals surface area (Å²) in [5.41, 5.74) is 1.74. The molecule has 0 spiro atoms. The van der Waals surface area contributed by atoms with E-state index in [-0.39, 0.29) is 10.1 Å². The van der Waals surface area contributed by atoms with Crippen LogP contribution in [0.5, 0.6) is 0 Å². The molecule has 130 valence electrons. The number of aryl methyl sites for hydroxylation is 1. The zero-order valence-corrected chi connectivity index (χ0v) is 15.9. The molecule has 0 saturated carbocycles. The van der Waals surface area contributed by atoms with Crippen LogP contribution in [0.3, 0.4) is 0 Å². The molecule has 5 nitrogen and oxygen atoms in total. The number of carbonyl (C=O) groups is 1. The van der Waals surface area contributed by atoms with Gasteiger partial charge in [0.15, 0.2) is 0 Å². The topological polar surface area (TPSA) is 75.3 Å². The van der Waals surface area contributed by atoms with Crippen molar-refractivity contribution in [2.75, 3.05) is 17.3 Å². The van der Waals surface area contributed by atoms with Gasteiger partial charge in [0.1, 0.15) is 10.3 Å². The lowest BCUT2D eigenvalue weighted by Crippen LogP contribution is -2.43. The van der Waals surface area contributed by atoms with Gasteiger partial charge in [0, 0.05) is 5.69 Å². The molecule has 2 N–H and O–H groups in total. The Bertz CT molecular complexity index is 756. The fourth-order valence-electron chi connectivity index (χ4n) is 2.01. The van der Waals surface area contributed by atoms with E-state index in [9.17, 15) is 13.2 Å². The summed E-state index contributed by atoms with van der Waals surface area (Å²) in [4.78, 5) is 12.5. The molecule has 0 saturated heterocycles. The van der Waals surface area contributed by atoms with Crippen molar-refractivity contribution >= 4 is 44.7 Å². The Morgan fingerprint density at radius 2 is 1.96 bits per heavy atom. The summed E-state index contributed by atoms with van der Waals surface area (Å²) in [6, 6.07) is 9.76. The second-order valence-corrected chi connectivity index (χ2v) is 9.12. The smallest absolute Gasteiger partial charge is 0.250 e. The van der Waals surface area contributed by atoms with E-state index in [1.165, 1.54) is 6.07 Å². The molecular weight excluding hydrogens is 364 g/mol. The maximum atomic E-state index is 12.5. The zero-order chi connectivity index (χ0) is 17.6. The van der Waals surface area contributed by atoms with E-state index < -0.39 is 16.1 Å². The Balaban J connectivity index is 2.12. The number of thioether (sulfide) groups is 1. The first-order valence-electron chi connectivity index (χ1n) is 7.34. The molecule has 0 aliphatic heterocycles. The van der Waals surface area contributed by atoms with Crippen LogP contribution >= 0.6 is 23.1 Å². The van der Waals surface area contributed by atoms with Crippen LogP contribution in [-0.2, 0) is 14.8 Å². The summed E-state index contributed by atoms with van der Waals surface area (Å²) in [7, 11) is -3.69. The molecule has 1 heterocycles. The molecule has 1 unspecified atom stereocenters. The van der Waals surface area contributed by atoms with E-state index in [1.54, 1.807) is 35.3 Å². The van der Waals surface area contributed by atoms with E-state index in [4.69, 9.17) is 0 Å². The molecule has 0 aliphatic carbocycles. The number of hydrogen-bond acceptors (Lipinski definition) is 5. The average Bonchev–Trinajstić information content (AvgIpc) is 3.09. The largest absolute Gasteiger partial charge is 0.325 e. The third kappa shape index (κ3) is 5.34. The summed E-state index contributed by atoms with van der Waals surface area (Å²) in [5.74, 6) is 0.326. The minimum atomic E-state index is -3.69. The number of carbonyl (C=O) groups excluding carboxylic acids is 1. The van der Waals surface area contributed by atoms with Crippen LogP contribution in [0.4, 0.5) is 5.69 Å². The molecule has 0 fully saturated rings. The summed E-state index contributed by atoms with van der Waals surface area (Å²) in [5, 5.41) is 4.47. The van der Waals surface area contributed by atoms with Crippen molar-refractivity contribution in [3.8, 4) is 0 Å². The van der Waals surface area contributed by atoms with E-state index in [1.807, 2.05) is 25.3 Å². The Labute approximate surface area is 150 Å². The van der Waals surface area contributed by atoms with Crippen molar-refractivity contribution in [3.05, 3.63) is 47.3 Å². The number of sulfonamides is 1. The lowest BCUT2D eigenvalue weighted by atomic mass is 10.2. The number of benzene rings is 1. The van der Waals surface area contributed by atoms with Crippen molar-refractivity contribution in [2.45, 2.75) is 23.6 Å². The van der Waals surface area contributed by atoms with Gasteiger partial charge in [0.05, 0.1) is 0 Å². The van der Waals surface area contributed by atoms with Crippen molar-refractivity contribution in [3.63, 3.8) is 0 Å². The van der Waals surface area contributed by atoms with Gasteiger partial charge in [-0.3, -0.25) is 4.79 Å². The van der Waals surface area contributed by atoms with Crippen LogP contribution in [0.1, 0.15) is 12.0 Å². The van der Waals surface area contributed by atoms with Crippen LogP contribution in [-0.4, -0.2) is 32.4 Å².